The number of hydrogen-bond acceptors (Lipinski definition) is 14. The van der Waals surface area contributed by atoms with Crippen LogP contribution in [-0.2, 0) is 54.4 Å². The fourth-order valence-electron chi connectivity index (χ4n) is 10.8. The Bertz CT molecular complexity index is 2460. The number of rotatable bonds is 36. The van der Waals surface area contributed by atoms with Crippen LogP contribution in [0.1, 0.15) is 130 Å². The number of aliphatic carboxylic acids is 1. The van der Waals surface area contributed by atoms with Crippen molar-refractivity contribution in [2.24, 2.45) is 56.1 Å². The van der Waals surface area contributed by atoms with E-state index in [4.69, 9.17) is 22.9 Å². The minimum Gasteiger partial charge on any atom is -0.508 e. The van der Waals surface area contributed by atoms with Crippen molar-refractivity contribution in [2.45, 2.75) is 186 Å². The fraction of sp³-hybridized carbons (Fsp3) is 0.684. The summed E-state index contributed by atoms with van der Waals surface area (Å²) in [5.74, 6) is -8.33. The molecule has 8 atom stereocenters. The zero-order chi connectivity index (χ0) is 62.2. The number of aromatic hydroxyl groups is 1. The molecule has 0 radical (unpaired) electrons. The van der Waals surface area contributed by atoms with Crippen LogP contribution >= 0.6 is 12.6 Å². The van der Waals surface area contributed by atoms with Crippen molar-refractivity contribution in [1.82, 2.24) is 31.1 Å². The summed E-state index contributed by atoms with van der Waals surface area (Å²) in [6.45, 7) is 13.6. The molecule has 0 spiro atoms. The summed E-state index contributed by atoms with van der Waals surface area (Å²) in [5, 5.41) is 31.4. The number of guanidine groups is 2. The maximum atomic E-state index is 15.0. The summed E-state index contributed by atoms with van der Waals surface area (Å²) in [6.07, 6.45) is 2.53. The first-order valence-corrected chi connectivity index (χ1v) is 33.3. The van der Waals surface area contributed by atoms with Crippen LogP contribution < -0.4 is 44.2 Å². The molecule has 0 aromatic heterocycles. The lowest BCUT2D eigenvalue weighted by Gasteiger charge is -2.33. The van der Waals surface area contributed by atoms with E-state index >= 15 is 0 Å². The quantitative estimate of drug-likeness (QED) is 0.0151. The highest BCUT2D eigenvalue weighted by atomic mass is 32.1. The van der Waals surface area contributed by atoms with Crippen LogP contribution in [0.2, 0.25) is 25.7 Å². The van der Waals surface area contributed by atoms with Crippen molar-refractivity contribution in [3.63, 3.8) is 0 Å². The normalized spacial score (nSPS) is 17.4. The number of carboxylic acids is 1. The molecule has 14 N–H and O–H groups in total. The lowest BCUT2D eigenvalue weighted by Crippen LogP contribution is -2.55. The second-order valence-corrected chi connectivity index (χ2v) is 30.3. The molecule has 26 heteroatoms. The third-order valence-corrected chi connectivity index (χ3v) is 16.8. The molecule has 2 heterocycles. The average molecular weight is 1200 g/mol. The number of benzene rings is 1. The molecule has 0 bridgehead atoms. The Morgan fingerprint density at radius 3 is 1.83 bits per heavy atom. The number of phenols is 1. The SMILES string of the molecule is CC(=O)N[C@@H](CCCCNC(=O)CCS)C(=O)N1CCC[C@H]1C(=O)N[C@H](CCCN=C(N)N)C(=O)C[C@@H](CCCN=C(N)N)C(=O)N1CCC[C@H]1C(=O)C[C@@H](Cc1ccc(O)cc1)C(=O)N[C@H](C(=O)C[C@@H](C[Si](C)(C)C)C(=O)O)C(C)(C)C. The van der Waals surface area contributed by atoms with Crippen LogP contribution in [0.5, 0.6) is 5.75 Å². The Balaban J connectivity index is 1.94. The molecule has 2 aliphatic rings. The van der Waals surface area contributed by atoms with Gasteiger partial charge in [-0.25, -0.2) is 0 Å². The molecule has 3 rings (SSSR count). The van der Waals surface area contributed by atoms with Gasteiger partial charge in [-0.2, -0.15) is 12.6 Å². The summed E-state index contributed by atoms with van der Waals surface area (Å²) >= 11 is 4.08. The maximum absolute atomic E-state index is 15.0. The van der Waals surface area contributed by atoms with Crippen LogP contribution in [0, 0.1) is 23.2 Å². The van der Waals surface area contributed by atoms with Crippen molar-refractivity contribution in [3.8, 4) is 5.75 Å². The van der Waals surface area contributed by atoms with Crippen molar-refractivity contribution >= 4 is 91.4 Å². The van der Waals surface area contributed by atoms with Gasteiger partial charge in [0.1, 0.15) is 17.8 Å². The number of Topliss-reactive ketones (excluding diaryl/α,β-unsaturated/α-hetero) is 3. The average Bonchev–Trinajstić information content (AvgIpc) is 4.37. The zero-order valence-electron chi connectivity index (χ0n) is 49.7. The van der Waals surface area contributed by atoms with Gasteiger partial charge >= 0.3 is 5.97 Å². The molecule has 0 aliphatic carbocycles. The van der Waals surface area contributed by atoms with Gasteiger partial charge in [-0.15, -0.1) is 0 Å². The second kappa shape index (κ2) is 34.3. The van der Waals surface area contributed by atoms with E-state index in [-0.39, 0.29) is 127 Å². The summed E-state index contributed by atoms with van der Waals surface area (Å²) in [6, 6.07) is 1.22. The molecular weight excluding hydrogens is 1100 g/mol. The summed E-state index contributed by atoms with van der Waals surface area (Å²) in [4.78, 5) is 149. The van der Waals surface area contributed by atoms with Crippen LogP contribution in [0.4, 0.5) is 0 Å². The number of ketones is 3. The Hall–Kier alpha value is -6.57. The van der Waals surface area contributed by atoms with Crippen molar-refractivity contribution < 1.29 is 58.2 Å². The van der Waals surface area contributed by atoms with Gasteiger partial charge in [0.15, 0.2) is 29.3 Å². The van der Waals surface area contributed by atoms with Crippen LogP contribution in [0.25, 0.3) is 0 Å². The summed E-state index contributed by atoms with van der Waals surface area (Å²) in [7, 11) is -1.94. The number of amides is 6. The van der Waals surface area contributed by atoms with Gasteiger partial charge in [0.25, 0.3) is 0 Å². The molecule has 2 saturated heterocycles. The van der Waals surface area contributed by atoms with Gasteiger partial charge in [0.05, 0.1) is 24.0 Å². The molecule has 2 aliphatic heterocycles. The third kappa shape index (κ3) is 25.0. The predicted molar refractivity (Wildman–Crippen MR) is 322 cm³/mol. The molecule has 464 valence electrons. The zero-order valence-corrected chi connectivity index (χ0v) is 51.6. The first kappa shape index (κ1) is 70.7. The van der Waals surface area contributed by atoms with Crippen LogP contribution in [0.3, 0.4) is 0 Å². The maximum Gasteiger partial charge on any atom is 0.306 e. The van der Waals surface area contributed by atoms with E-state index in [1.54, 1.807) is 32.9 Å². The monoisotopic (exact) mass is 1200 g/mol. The summed E-state index contributed by atoms with van der Waals surface area (Å²) in [5.41, 5.74) is 22.2. The molecule has 83 heavy (non-hydrogen) atoms. The smallest absolute Gasteiger partial charge is 0.306 e. The standard InChI is InChI=1S/C57H94N12O12SSi/c1-35(70)65-42(15-8-9-24-62-48(75)23-29-82)53(79)69-28-13-18-44(69)51(77)66-41(16-11-26-64-56(60)61)45(72)31-37(14-10-25-63-55(58)59)52(78)68-27-12-17-43(68)46(73)32-38(30-36-19-21-40(71)22-20-36)50(76)67-49(57(2,3)4)47(74)33-39(54(80)81)34-83(5,6)7/h19-22,37-39,41-44,49,71,82H,8-18,23-34H2,1-7H3,(H,62,75)(H,65,70)(H,66,77)(H,67,76)(H,80,81)(H4,58,59,63)(H4,60,61,64)/t37-,38-,39+,41-,42+,43+,44+,49-/m1/s1. The number of nitrogens with two attached hydrogens (primary N) is 4. The lowest BCUT2D eigenvalue weighted by atomic mass is 9.81. The number of nitrogens with zero attached hydrogens (tertiary/aromatic N) is 4. The minimum absolute atomic E-state index is 0.0111. The number of phenolic OH excluding ortho intramolecular Hbond substituents is 1. The summed E-state index contributed by atoms with van der Waals surface area (Å²) < 4.78 is 0. The van der Waals surface area contributed by atoms with Gasteiger partial charge in [-0.05, 0) is 112 Å². The molecule has 24 nitrogen and oxygen atoms in total. The van der Waals surface area contributed by atoms with E-state index < -0.39 is 114 Å². The Kier molecular flexibility index (Phi) is 29.2. The molecule has 6 amide bonds. The van der Waals surface area contributed by atoms with Gasteiger partial charge in [-0.1, -0.05) is 52.5 Å². The minimum atomic E-state index is -1.94. The molecule has 0 saturated carbocycles. The molecule has 2 fully saturated rings. The van der Waals surface area contributed by atoms with E-state index in [0.29, 0.717) is 49.6 Å². The lowest BCUT2D eigenvalue weighted by molar-refractivity contribution is -0.144. The number of likely N-dealkylation sites (tertiary alicyclic amines) is 2. The predicted octanol–water partition coefficient (Wildman–Crippen LogP) is 2.30. The number of carboxylic acid groups (broad SMARTS) is 1. The molecule has 1 aromatic carbocycles. The van der Waals surface area contributed by atoms with Crippen molar-refractivity contribution in [1.29, 1.82) is 0 Å². The van der Waals surface area contributed by atoms with E-state index in [9.17, 15) is 58.2 Å². The number of thiol groups is 1. The van der Waals surface area contributed by atoms with Gasteiger partial charge in [0, 0.05) is 85.2 Å². The highest BCUT2D eigenvalue weighted by Gasteiger charge is 2.43. The molecule has 0 unspecified atom stereocenters. The third-order valence-electron chi connectivity index (χ3n) is 14.8. The van der Waals surface area contributed by atoms with E-state index in [1.807, 2.05) is 19.6 Å². The number of carbonyl (C=O) groups is 10. The van der Waals surface area contributed by atoms with E-state index in [0.717, 1.165) is 0 Å². The number of aliphatic imine (C=N–C) groups is 2. The van der Waals surface area contributed by atoms with Crippen molar-refractivity contribution in [2.75, 3.05) is 38.5 Å². The second-order valence-electron chi connectivity index (χ2n) is 24.3. The highest BCUT2D eigenvalue weighted by molar-refractivity contribution is 7.80. The number of unbranched alkanes of at least 4 members (excludes halogenated alkanes) is 1. The Labute approximate surface area is 495 Å². The fourth-order valence-corrected chi connectivity index (χ4v) is 12.8. The number of hydrogen-bond donors (Lipinski definition) is 11. The van der Waals surface area contributed by atoms with E-state index in [1.165, 1.54) is 28.9 Å². The van der Waals surface area contributed by atoms with Crippen molar-refractivity contribution in [3.05, 3.63) is 29.8 Å². The first-order valence-electron chi connectivity index (χ1n) is 29.0. The largest absolute Gasteiger partial charge is 0.508 e. The Morgan fingerprint density at radius 1 is 0.711 bits per heavy atom. The Morgan fingerprint density at radius 2 is 1.28 bits per heavy atom. The highest BCUT2D eigenvalue weighted by Crippen LogP contribution is 2.31. The van der Waals surface area contributed by atoms with E-state index in [2.05, 4.69) is 43.9 Å². The molecular formula is C57H94N12O12SSi. The van der Waals surface area contributed by atoms with Crippen LogP contribution in [-0.4, -0.2) is 167 Å². The van der Waals surface area contributed by atoms with Gasteiger partial charge in [0.2, 0.25) is 35.4 Å². The number of nitrogens with one attached hydrogen (secondary N) is 4. The topological polar surface area (TPSA) is 395 Å². The first-order chi connectivity index (χ1) is 38.9. The van der Waals surface area contributed by atoms with Crippen LogP contribution in [0.15, 0.2) is 34.3 Å². The van der Waals surface area contributed by atoms with Gasteiger partial charge < -0.3 is 64.2 Å². The van der Waals surface area contributed by atoms with Gasteiger partial charge in [-0.3, -0.25) is 57.9 Å². The molecule has 1 aromatic rings. The number of carbonyl (C=O) groups excluding carboxylic acids is 9.